The molecule has 2 aromatic heterocycles. The molecule has 5 rings (SSSR count). The van der Waals surface area contributed by atoms with Gasteiger partial charge in [-0.3, -0.25) is 0 Å². The van der Waals surface area contributed by atoms with Crippen molar-refractivity contribution in [1.29, 1.82) is 0 Å². The van der Waals surface area contributed by atoms with Crippen LogP contribution in [0.1, 0.15) is 12.8 Å². The van der Waals surface area contributed by atoms with Gasteiger partial charge in [0.25, 0.3) is 0 Å². The Morgan fingerprint density at radius 3 is 2.71 bits per heavy atom. The van der Waals surface area contributed by atoms with Gasteiger partial charge in [-0.15, -0.1) is 5.10 Å². The largest absolute Gasteiger partial charge is 0.383 e. The highest BCUT2D eigenvalue weighted by Crippen LogP contribution is 2.34. The van der Waals surface area contributed by atoms with Crippen molar-refractivity contribution in [2.24, 2.45) is 0 Å². The van der Waals surface area contributed by atoms with Crippen molar-refractivity contribution >= 4 is 34.4 Å². The number of hydrogen-bond donors (Lipinski definition) is 2. The van der Waals surface area contributed by atoms with Crippen LogP contribution < -0.4 is 11.1 Å². The number of halogens is 2. The number of rotatable bonds is 5. The summed E-state index contributed by atoms with van der Waals surface area (Å²) in [6.07, 6.45) is 2.17. The first-order chi connectivity index (χ1) is 15.1. The smallest absolute Gasteiger partial charge is 0.225 e. The van der Waals surface area contributed by atoms with Gasteiger partial charge in [0.1, 0.15) is 11.6 Å². The zero-order valence-corrected chi connectivity index (χ0v) is 17.3. The molecule has 1 aliphatic rings. The highest BCUT2D eigenvalue weighted by atomic mass is 35.5. The Hall–Kier alpha value is -3.23. The fourth-order valence-electron chi connectivity index (χ4n) is 3.72. The summed E-state index contributed by atoms with van der Waals surface area (Å²) in [5, 5.41) is 8.93. The molecular weight excluding hydrogens is 419 g/mol. The minimum Gasteiger partial charge on any atom is -0.383 e. The number of nitrogens with one attached hydrogen (secondary N) is 1. The number of aromatic nitrogens is 4. The minimum absolute atomic E-state index is 0.124. The van der Waals surface area contributed by atoms with Gasteiger partial charge in [-0.2, -0.15) is 4.98 Å². The quantitative estimate of drug-likeness (QED) is 0.478. The molecule has 3 heterocycles. The van der Waals surface area contributed by atoms with Crippen LogP contribution in [0.4, 0.5) is 16.2 Å². The normalized spacial score (nSPS) is 16.1. The summed E-state index contributed by atoms with van der Waals surface area (Å²) in [6, 6.07) is 13.4. The third-order valence-electron chi connectivity index (χ3n) is 5.28. The second kappa shape index (κ2) is 8.13. The van der Waals surface area contributed by atoms with Gasteiger partial charge in [0.15, 0.2) is 5.65 Å². The molecule has 0 amide bonds. The molecule has 4 aromatic rings. The van der Waals surface area contributed by atoms with E-state index in [1.807, 2.05) is 18.2 Å². The molecule has 0 aliphatic carbocycles. The Balaban J connectivity index is 1.65. The average Bonchev–Trinajstić information content (AvgIpc) is 3.41. The fraction of sp³-hybridized carbons (Fsp3) is 0.227. The van der Waals surface area contributed by atoms with Crippen LogP contribution in [0.15, 0.2) is 48.5 Å². The highest BCUT2D eigenvalue weighted by Gasteiger charge is 2.21. The summed E-state index contributed by atoms with van der Waals surface area (Å²) in [4.78, 5) is 9.26. The number of hydrogen-bond acceptors (Lipinski definition) is 6. The summed E-state index contributed by atoms with van der Waals surface area (Å²) in [5.74, 6) is 0.435. The molecule has 31 heavy (non-hydrogen) atoms. The number of nitrogens with two attached hydrogens (primary N) is 1. The van der Waals surface area contributed by atoms with Crippen LogP contribution in [0, 0.1) is 5.82 Å². The van der Waals surface area contributed by atoms with Crippen LogP contribution in [-0.4, -0.2) is 39.0 Å². The molecule has 2 aromatic carbocycles. The maximum Gasteiger partial charge on any atom is 0.225 e. The third kappa shape index (κ3) is 3.80. The molecule has 0 saturated carbocycles. The first kappa shape index (κ1) is 19.7. The van der Waals surface area contributed by atoms with Crippen LogP contribution in [0.5, 0.6) is 0 Å². The second-order valence-electron chi connectivity index (χ2n) is 7.37. The van der Waals surface area contributed by atoms with E-state index < -0.39 is 0 Å². The van der Waals surface area contributed by atoms with Crippen molar-refractivity contribution < 1.29 is 9.13 Å². The van der Waals surface area contributed by atoms with Crippen molar-refractivity contribution in [3.63, 3.8) is 0 Å². The maximum atomic E-state index is 13.5. The summed E-state index contributed by atoms with van der Waals surface area (Å²) in [5.41, 5.74) is 8.81. The molecule has 7 nitrogen and oxygen atoms in total. The van der Waals surface area contributed by atoms with E-state index in [9.17, 15) is 4.39 Å². The standard InChI is InChI=1S/C22H20ClFN6O/c23-16-5-1-2-6-17(16)30-20(25)18-19(13-7-9-14(24)10-8-13)27-22(28-21(18)29-30)26-12-15-4-3-11-31-15/h1-2,5-10,15H,3-4,11-12,25H2,(H,26,28,29)/t15-/m1/s1. The van der Waals surface area contributed by atoms with Crippen molar-refractivity contribution in [2.45, 2.75) is 18.9 Å². The lowest BCUT2D eigenvalue weighted by Gasteiger charge is -2.12. The first-order valence-corrected chi connectivity index (χ1v) is 10.4. The first-order valence-electron chi connectivity index (χ1n) is 10.0. The number of para-hydroxylation sites is 1. The molecule has 3 N–H and O–H groups in total. The molecule has 1 aliphatic heterocycles. The molecule has 9 heteroatoms. The average molecular weight is 439 g/mol. The van der Waals surface area contributed by atoms with Crippen molar-refractivity contribution in [3.05, 3.63) is 59.4 Å². The molecule has 0 spiro atoms. The van der Waals surface area contributed by atoms with Crippen LogP contribution in [0.25, 0.3) is 28.0 Å². The van der Waals surface area contributed by atoms with E-state index in [-0.39, 0.29) is 11.9 Å². The van der Waals surface area contributed by atoms with E-state index in [0.29, 0.717) is 51.3 Å². The van der Waals surface area contributed by atoms with Crippen LogP contribution in [-0.2, 0) is 4.74 Å². The number of ether oxygens (including phenoxy) is 1. The second-order valence-corrected chi connectivity index (χ2v) is 7.77. The van der Waals surface area contributed by atoms with Crippen molar-refractivity contribution in [3.8, 4) is 16.9 Å². The number of nitrogen functional groups attached to an aromatic ring is 1. The topological polar surface area (TPSA) is 90.9 Å². The van der Waals surface area contributed by atoms with Gasteiger partial charge in [-0.1, -0.05) is 23.7 Å². The van der Waals surface area contributed by atoms with Crippen LogP contribution >= 0.6 is 11.6 Å². The molecule has 0 unspecified atom stereocenters. The maximum absolute atomic E-state index is 13.5. The van der Waals surface area contributed by atoms with Crippen LogP contribution in [0.2, 0.25) is 5.02 Å². The lowest BCUT2D eigenvalue weighted by molar-refractivity contribution is 0.120. The predicted molar refractivity (Wildman–Crippen MR) is 119 cm³/mol. The lowest BCUT2D eigenvalue weighted by atomic mass is 10.1. The molecule has 158 valence electrons. The van der Waals surface area contributed by atoms with Crippen molar-refractivity contribution in [1.82, 2.24) is 19.7 Å². The minimum atomic E-state index is -0.328. The Morgan fingerprint density at radius 1 is 1.16 bits per heavy atom. The summed E-state index contributed by atoms with van der Waals surface area (Å²) in [7, 11) is 0. The van der Waals surface area contributed by atoms with Gasteiger partial charge in [0.05, 0.1) is 27.9 Å². The van der Waals surface area contributed by atoms with Gasteiger partial charge in [-0.05, 0) is 49.2 Å². The van der Waals surface area contributed by atoms with Gasteiger partial charge in [-0.25, -0.2) is 14.1 Å². The molecule has 1 fully saturated rings. The Bertz CT molecular complexity index is 1240. The van der Waals surface area contributed by atoms with E-state index in [1.54, 1.807) is 22.9 Å². The molecule has 0 radical (unpaired) electrons. The Labute approximate surface area is 183 Å². The molecule has 1 saturated heterocycles. The molecule has 1 atom stereocenters. The van der Waals surface area contributed by atoms with E-state index in [4.69, 9.17) is 22.1 Å². The van der Waals surface area contributed by atoms with Gasteiger partial charge in [0.2, 0.25) is 5.95 Å². The Morgan fingerprint density at radius 2 is 1.97 bits per heavy atom. The lowest BCUT2D eigenvalue weighted by Crippen LogP contribution is -2.19. The summed E-state index contributed by atoms with van der Waals surface area (Å²) in [6.45, 7) is 1.36. The van der Waals surface area contributed by atoms with E-state index in [1.165, 1.54) is 12.1 Å². The third-order valence-corrected chi connectivity index (χ3v) is 5.60. The summed E-state index contributed by atoms with van der Waals surface area (Å²) < 4.78 is 20.7. The number of fused-ring (bicyclic) bond motifs is 1. The summed E-state index contributed by atoms with van der Waals surface area (Å²) >= 11 is 6.37. The van der Waals surface area contributed by atoms with E-state index >= 15 is 0 Å². The van der Waals surface area contributed by atoms with Crippen LogP contribution in [0.3, 0.4) is 0 Å². The number of anilines is 2. The highest BCUT2D eigenvalue weighted by molar-refractivity contribution is 6.32. The number of benzene rings is 2. The molecule has 0 bridgehead atoms. The zero-order valence-electron chi connectivity index (χ0n) is 16.6. The van der Waals surface area contributed by atoms with Gasteiger partial charge in [0, 0.05) is 18.7 Å². The van der Waals surface area contributed by atoms with E-state index in [2.05, 4.69) is 20.4 Å². The van der Waals surface area contributed by atoms with Gasteiger partial charge >= 0.3 is 0 Å². The molecular formula is C22H20ClFN6O. The SMILES string of the molecule is Nc1c2c(-c3ccc(F)cc3)nc(NC[C@H]3CCCO3)nc2nn1-c1ccccc1Cl. The van der Waals surface area contributed by atoms with Gasteiger partial charge < -0.3 is 15.8 Å². The predicted octanol–water partition coefficient (Wildman–Crippen LogP) is 4.45. The fourth-order valence-corrected chi connectivity index (χ4v) is 3.94. The van der Waals surface area contributed by atoms with E-state index in [0.717, 1.165) is 19.4 Å². The number of nitrogens with zero attached hydrogens (tertiary/aromatic N) is 4. The monoisotopic (exact) mass is 438 g/mol. The zero-order chi connectivity index (χ0) is 21.4. The Kier molecular flexibility index (Phi) is 5.17. The van der Waals surface area contributed by atoms with Crippen molar-refractivity contribution in [2.75, 3.05) is 24.2 Å².